The van der Waals surface area contributed by atoms with Crippen molar-refractivity contribution in [2.75, 3.05) is 29.1 Å². The molecule has 1 aromatic heterocycles. The van der Waals surface area contributed by atoms with Gasteiger partial charge in [0, 0.05) is 42.9 Å². The third-order valence-electron chi connectivity index (χ3n) is 4.83. The van der Waals surface area contributed by atoms with E-state index in [9.17, 15) is 4.79 Å². The van der Waals surface area contributed by atoms with Crippen LogP contribution < -0.4 is 10.2 Å². The van der Waals surface area contributed by atoms with E-state index in [4.69, 9.17) is 0 Å². The van der Waals surface area contributed by atoms with Crippen molar-refractivity contribution in [1.29, 1.82) is 0 Å². The van der Waals surface area contributed by atoms with Crippen LogP contribution in [-0.4, -0.2) is 34.3 Å². The lowest BCUT2D eigenvalue weighted by atomic mass is 10.1. The second kappa shape index (κ2) is 7.12. The van der Waals surface area contributed by atoms with E-state index < -0.39 is 0 Å². The van der Waals surface area contributed by atoms with Gasteiger partial charge in [-0.05, 0) is 56.4 Å². The van der Waals surface area contributed by atoms with Gasteiger partial charge in [-0.2, -0.15) is 0 Å². The lowest BCUT2D eigenvalue weighted by Crippen LogP contribution is -2.19. The number of carbonyl (C=O) groups excluding carboxylic acids is 1. The van der Waals surface area contributed by atoms with Crippen LogP contribution in [0.4, 0.5) is 11.4 Å². The molecule has 0 spiro atoms. The minimum Gasteiger partial charge on any atom is -0.371 e. The number of aryl methyl sites for hydroxylation is 1. The van der Waals surface area contributed by atoms with E-state index in [0.717, 1.165) is 23.9 Å². The summed E-state index contributed by atoms with van der Waals surface area (Å²) >= 11 is 1.51. The number of carbonyl (C=O) groups is 1. The SMILES string of the molecule is Cc1cc(NC(=O)CSc2nccn2C2CC2)ccc1N1CCCC1. The fourth-order valence-corrected chi connectivity index (χ4v) is 4.24. The molecule has 2 aromatic rings. The summed E-state index contributed by atoms with van der Waals surface area (Å²) in [7, 11) is 0. The van der Waals surface area contributed by atoms with Gasteiger partial charge in [0.25, 0.3) is 0 Å². The molecule has 6 heteroatoms. The summed E-state index contributed by atoms with van der Waals surface area (Å²) in [6.07, 6.45) is 8.81. The smallest absolute Gasteiger partial charge is 0.234 e. The molecule has 0 atom stereocenters. The molecule has 4 rings (SSSR count). The van der Waals surface area contributed by atoms with Crippen molar-refractivity contribution >= 4 is 29.0 Å². The Labute approximate surface area is 152 Å². The molecule has 25 heavy (non-hydrogen) atoms. The van der Waals surface area contributed by atoms with Gasteiger partial charge in [-0.1, -0.05) is 11.8 Å². The summed E-state index contributed by atoms with van der Waals surface area (Å²) in [5, 5.41) is 3.95. The van der Waals surface area contributed by atoms with Crippen LogP contribution in [-0.2, 0) is 4.79 Å². The number of nitrogens with zero attached hydrogens (tertiary/aromatic N) is 3. The Bertz CT molecular complexity index is 763. The molecule has 0 unspecified atom stereocenters. The average Bonchev–Trinajstić information content (AvgIpc) is 3.10. The lowest BCUT2D eigenvalue weighted by Gasteiger charge is -2.20. The Balaban J connectivity index is 1.34. The van der Waals surface area contributed by atoms with Crippen molar-refractivity contribution in [1.82, 2.24) is 9.55 Å². The third-order valence-corrected chi connectivity index (χ3v) is 5.81. The number of amides is 1. The standard InChI is InChI=1S/C19H24N4OS/c1-14-12-15(4-7-17(14)22-9-2-3-10-22)21-18(24)13-25-19-20-8-11-23(19)16-5-6-16/h4,7-8,11-12,16H,2-3,5-6,9-10,13H2,1H3,(H,21,24). The van der Waals surface area contributed by atoms with E-state index in [2.05, 4.69) is 38.8 Å². The Kier molecular flexibility index (Phi) is 4.70. The molecule has 2 fully saturated rings. The lowest BCUT2D eigenvalue weighted by molar-refractivity contribution is -0.113. The highest BCUT2D eigenvalue weighted by atomic mass is 32.2. The van der Waals surface area contributed by atoms with Crippen molar-refractivity contribution < 1.29 is 4.79 Å². The Hall–Kier alpha value is -1.95. The first-order valence-electron chi connectivity index (χ1n) is 9.02. The van der Waals surface area contributed by atoms with Gasteiger partial charge in [0.2, 0.25) is 5.91 Å². The van der Waals surface area contributed by atoms with Gasteiger partial charge in [0.15, 0.2) is 5.16 Å². The van der Waals surface area contributed by atoms with Gasteiger partial charge < -0.3 is 14.8 Å². The van der Waals surface area contributed by atoms with Crippen molar-refractivity contribution in [2.24, 2.45) is 0 Å². The maximum absolute atomic E-state index is 12.3. The first kappa shape index (κ1) is 16.5. The summed E-state index contributed by atoms with van der Waals surface area (Å²) < 4.78 is 2.19. The molecule has 5 nitrogen and oxygen atoms in total. The normalized spacial score (nSPS) is 17.1. The second-order valence-corrected chi connectivity index (χ2v) is 7.82. The molecule has 1 N–H and O–H groups in total. The Morgan fingerprint density at radius 3 is 2.84 bits per heavy atom. The van der Waals surface area contributed by atoms with Crippen LogP contribution in [0, 0.1) is 6.92 Å². The molecule has 2 heterocycles. The number of hydrogen-bond donors (Lipinski definition) is 1. The van der Waals surface area contributed by atoms with E-state index in [1.807, 2.05) is 18.5 Å². The monoisotopic (exact) mass is 356 g/mol. The third kappa shape index (κ3) is 3.84. The molecule has 1 amide bonds. The zero-order valence-corrected chi connectivity index (χ0v) is 15.4. The fraction of sp³-hybridized carbons (Fsp3) is 0.474. The highest BCUT2D eigenvalue weighted by molar-refractivity contribution is 7.99. The van der Waals surface area contributed by atoms with Crippen LogP contribution in [0.3, 0.4) is 0 Å². The van der Waals surface area contributed by atoms with Crippen LogP contribution in [0.25, 0.3) is 0 Å². The molecule has 1 saturated carbocycles. The van der Waals surface area contributed by atoms with Crippen LogP contribution in [0.1, 0.15) is 37.3 Å². The number of nitrogens with one attached hydrogen (secondary N) is 1. The Morgan fingerprint density at radius 2 is 2.12 bits per heavy atom. The molecule has 1 saturated heterocycles. The Morgan fingerprint density at radius 1 is 1.32 bits per heavy atom. The van der Waals surface area contributed by atoms with Crippen molar-refractivity contribution in [2.45, 2.75) is 43.8 Å². The number of aromatic nitrogens is 2. The maximum Gasteiger partial charge on any atom is 0.234 e. The zero-order chi connectivity index (χ0) is 17.2. The van der Waals surface area contributed by atoms with E-state index in [1.54, 1.807) is 0 Å². The quantitative estimate of drug-likeness (QED) is 0.799. The predicted octanol–water partition coefficient (Wildman–Crippen LogP) is 3.86. The van der Waals surface area contributed by atoms with Gasteiger partial charge in [0.1, 0.15) is 0 Å². The molecule has 2 aliphatic rings. The van der Waals surface area contributed by atoms with Crippen LogP contribution >= 0.6 is 11.8 Å². The van der Waals surface area contributed by atoms with E-state index in [1.165, 1.54) is 48.7 Å². The number of thioether (sulfide) groups is 1. The van der Waals surface area contributed by atoms with Gasteiger partial charge in [-0.3, -0.25) is 4.79 Å². The summed E-state index contributed by atoms with van der Waals surface area (Å²) in [6, 6.07) is 6.80. The zero-order valence-electron chi connectivity index (χ0n) is 14.6. The van der Waals surface area contributed by atoms with Gasteiger partial charge in [-0.15, -0.1) is 0 Å². The molecule has 0 radical (unpaired) electrons. The number of rotatable bonds is 6. The molecule has 1 aromatic carbocycles. The van der Waals surface area contributed by atoms with Gasteiger partial charge >= 0.3 is 0 Å². The molecule has 1 aliphatic carbocycles. The first-order valence-corrected chi connectivity index (χ1v) is 10.0. The molecule has 0 bridgehead atoms. The van der Waals surface area contributed by atoms with Crippen molar-refractivity contribution in [3.8, 4) is 0 Å². The first-order chi connectivity index (χ1) is 12.2. The van der Waals surface area contributed by atoms with E-state index in [0.29, 0.717) is 11.8 Å². The summed E-state index contributed by atoms with van der Waals surface area (Å²) in [4.78, 5) is 19.1. The van der Waals surface area contributed by atoms with Gasteiger partial charge in [0.05, 0.1) is 5.75 Å². The average molecular weight is 356 g/mol. The highest BCUT2D eigenvalue weighted by Gasteiger charge is 2.25. The summed E-state index contributed by atoms with van der Waals surface area (Å²) in [6.45, 7) is 4.39. The van der Waals surface area contributed by atoms with Gasteiger partial charge in [-0.25, -0.2) is 4.98 Å². The van der Waals surface area contributed by atoms with Crippen molar-refractivity contribution in [3.63, 3.8) is 0 Å². The number of benzene rings is 1. The van der Waals surface area contributed by atoms with Crippen molar-refractivity contribution in [3.05, 3.63) is 36.2 Å². The largest absolute Gasteiger partial charge is 0.371 e. The summed E-state index contributed by atoms with van der Waals surface area (Å²) in [5.41, 5.74) is 3.38. The predicted molar refractivity (Wildman–Crippen MR) is 102 cm³/mol. The second-order valence-electron chi connectivity index (χ2n) is 6.88. The molecule has 132 valence electrons. The van der Waals surface area contributed by atoms with Crippen LogP contribution in [0.15, 0.2) is 35.7 Å². The summed E-state index contributed by atoms with van der Waals surface area (Å²) in [5.74, 6) is 0.403. The number of imidazole rings is 1. The highest BCUT2D eigenvalue weighted by Crippen LogP contribution is 2.37. The minimum absolute atomic E-state index is 0.0173. The van der Waals surface area contributed by atoms with E-state index in [-0.39, 0.29) is 5.91 Å². The minimum atomic E-state index is 0.0173. The number of hydrogen-bond acceptors (Lipinski definition) is 4. The van der Waals surface area contributed by atoms with Crippen LogP contribution in [0.5, 0.6) is 0 Å². The molecular weight excluding hydrogens is 332 g/mol. The van der Waals surface area contributed by atoms with Crippen LogP contribution in [0.2, 0.25) is 0 Å². The molecule has 1 aliphatic heterocycles. The maximum atomic E-state index is 12.3. The topological polar surface area (TPSA) is 50.2 Å². The van der Waals surface area contributed by atoms with E-state index >= 15 is 0 Å². The number of anilines is 2. The fourth-order valence-electron chi connectivity index (χ4n) is 3.41. The molecular formula is C19H24N4OS.